The molecule has 5 nitrogen and oxygen atoms in total. The molecule has 2 aromatic rings. The molecule has 24 heavy (non-hydrogen) atoms. The molecule has 0 atom stereocenters. The van der Waals surface area contributed by atoms with Crippen molar-refractivity contribution in [3.8, 4) is 5.75 Å². The highest BCUT2D eigenvalue weighted by molar-refractivity contribution is 6.33. The van der Waals surface area contributed by atoms with Crippen molar-refractivity contribution >= 4 is 29.2 Å². The summed E-state index contributed by atoms with van der Waals surface area (Å²) >= 11 is 5.76. The summed E-state index contributed by atoms with van der Waals surface area (Å²) in [7, 11) is 1.29. The molecule has 1 amide bonds. The number of methoxy groups -OCH3 is 1. The Morgan fingerprint density at radius 2 is 1.92 bits per heavy atom. The highest BCUT2D eigenvalue weighted by Crippen LogP contribution is 2.22. The summed E-state index contributed by atoms with van der Waals surface area (Å²) in [6.07, 6.45) is 0. The maximum atomic E-state index is 13.5. The van der Waals surface area contributed by atoms with Gasteiger partial charge in [-0.05, 0) is 36.4 Å². The molecule has 0 heterocycles. The van der Waals surface area contributed by atoms with Crippen molar-refractivity contribution in [2.45, 2.75) is 0 Å². The summed E-state index contributed by atoms with van der Waals surface area (Å²) in [6.45, 7) is -0.611. The molecule has 0 saturated carbocycles. The third-order valence-corrected chi connectivity index (χ3v) is 3.24. The zero-order valence-corrected chi connectivity index (χ0v) is 13.2. The fourth-order valence-corrected chi connectivity index (χ4v) is 2.00. The summed E-state index contributed by atoms with van der Waals surface area (Å²) < 4.78 is 35.9. The van der Waals surface area contributed by atoms with Crippen LogP contribution >= 0.6 is 11.6 Å². The highest BCUT2D eigenvalue weighted by atomic mass is 35.5. The van der Waals surface area contributed by atoms with Crippen LogP contribution in [0.1, 0.15) is 10.4 Å². The SMILES string of the molecule is COc1ccc(C(=O)OCC(=O)Nc2ccc(F)cc2Cl)cc1F. The fourth-order valence-electron chi connectivity index (χ4n) is 1.78. The van der Waals surface area contributed by atoms with Crippen LogP contribution in [0, 0.1) is 11.6 Å². The van der Waals surface area contributed by atoms with Crippen molar-refractivity contribution < 1.29 is 27.8 Å². The van der Waals surface area contributed by atoms with E-state index in [0.29, 0.717) is 0 Å². The van der Waals surface area contributed by atoms with E-state index in [9.17, 15) is 18.4 Å². The first kappa shape index (κ1) is 17.7. The number of ether oxygens (including phenoxy) is 2. The van der Waals surface area contributed by atoms with Gasteiger partial charge >= 0.3 is 5.97 Å². The molecule has 0 aromatic heterocycles. The van der Waals surface area contributed by atoms with E-state index in [1.807, 2.05) is 0 Å². The third kappa shape index (κ3) is 4.42. The first-order valence-electron chi connectivity index (χ1n) is 6.66. The molecular formula is C16H12ClF2NO4. The number of nitrogens with one attached hydrogen (secondary N) is 1. The lowest BCUT2D eigenvalue weighted by atomic mass is 10.2. The Kier molecular flexibility index (Phi) is 5.70. The second-order valence-electron chi connectivity index (χ2n) is 4.60. The standard InChI is InChI=1S/C16H12ClF2NO4/c1-23-14-5-2-9(6-12(14)19)16(22)24-8-15(21)20-13-4-3-10(18)7-11(13)17/h2-7H,8H2,1H3,(H,20,21). The first-order chi connectivity index (χ1) is 11.4. The Bertz CT molecular complexity index is 783. The van der Waals surface area contributed by atoms with E-state index in [1.165, 1.54) is 25.3 Å². The lowest BCUT2D eigenvalue weighted by Gasteiger charge is -2.08. The molecule has 0 aliphatic rings. The number of rotatable bonds is 5. The Labute approximate surface area is 141 Å². The molecule has 0 radical (unpaired) electrons. The van der Waals surface area contributed by atoms with Crippen molar-refractivity contribution in [1.29, 1.82) is 0 Å². The second-order valence-corrected chi connectivity index (χ2v) is 5.01. The van der Waals surface area contributed by atoms with Gasteiger partial charge < -0.3 is 14.8 Å². The van der Waals surface area contributed by atoms with Gasteiger partial charge in [-0.2, -0.15) is 0 Å². The van der Waals surface area contributed by atoms with Gasteiger partial charge in [-0.1, -0.05) is 11.6 Å². The largest absolute Gasteiger partial charge is 0.494 e. The van der Waals surface area contributed by atoms with E-state index in [2.05, 4.69) is 5.32 Å². The van der Waals surface area contributed by atoms with Gasteiger partial charge in [0.2, 0.25) is 0 Å². The van der Waals surface area contributed by atoms with Gasteiger partial charge in [0.1, 0.15) is 5.82 Å². The molecule has 0 unspecified atom stereocenters. The highest BCUT2D eigenvalue weighted by Gasteiger charge is 2.14. The first-order valence-corrected chi connectivity index (χ1v) is 7.04. The van der Waals surface area contributed by atoms with Gasteiger partial charge in [-0.15, -0.1) is 0 Å². The van der Waals surface area contributed by atoms with Gasteiger partial charge in [0.15, 0.2) is 18.2 Å². The number of amides is 1. The minimum absolute atomic E-state index is 0.00639. The zero-order valence-electron chi connectivity index (χ0n) is 12.4. The zero-order chi connectivity index (χ0) is 17.7. The molecule has 0 bridgehead atoms. The van der Waals surface area contributed by atoms with Crippen LogP contribution in [0.3, 0.4) is 0 Å². The summed E-state index contributed by atoms with van der Waals surface area (Å²) in [6, 6.07) is 6.94. The topological polar surface area (TPSA) is 64.6 Å². The van der Waals surface area contributed by atoms with Gasteiger partial charge in [-0.25, -0.2) is 13.6 Å². The molecule has 1 N–H and O–H groups in total. The third-order valence-electron chi connectivity index (χ3n) is 2.93. The molecule has 0 aliphatic heterocycles. The Hall–Kier alpha value is -2.67. The van der Waals surface area contributed by atoms with Gasteiger partial charge in [-0.3, -0.25) is 4.79 Å². The number of carbonyl (C=O) groups is 2. The Morgan fingerprint density at radius 1 is 1.17 bits per heavy atom. The summed E-state index contributed by atoms with van der Waals surface area (Å²) in [5, 5.41) is 2.37. The number of hydrogen-bond donors (Lipinski definition) is 1. The lowest BCUT2D eigenvalue weighted by molar-refractivity contribution is -0.119. The maximum Gasteiger partial charge on any atom is 0.338 e. The molecule has 0 fully saturated rings. The fraction of sp³-hybridized carbons (Fsp3) is 0.125. The lowest BCUT2D eigenvalue weighted by Crippen LogP contribution is -2.21. The predicted octanol–water partition coefficient (Wildman–Crippen LogP) is 3.42. The summed E-state index contributed by atoms with van der Waals surface area (Å²) in [5.74, 6) is -2.85. The number of anilines is 1. The van der Waals surface area contributed by atoms with Crippen LogP contribution in [0.5, 0.6) is 5.75 Å². The summed E-state index contributed by atoms with van der Waals surface area (Å²) in [5.41, 5.74) is 0.107. The monoisotopic (exact) mass is 355 g/mol. The second kappa shape index (κ2) is 7.74. The molecule has 0 saturated heterocycles. The number of hydrogen-bond acceptors (Lipinski definition) is 4. The van der Waals surface area contributed by atoms with Crippen LogP contribution in [0.2, 0.25) is 5.02 Å². The quantitative estimate of drug-likeness (QED) is 0.835. The number of halogens is 3. The van der Waals surface area contributed by atoms with Crippen molar-refractivity contribution in [3.05, 3.63) is 58.6 Å². The smallest absolute Gasteiger partial charge is 0.338 e. The van der Waals surface area contributed by atoms with Crippen LogP contribution in [0.15, 0.2) is 36.4 Å². The van der Waals surface area contributed by atoms with Gasteiger partial charge in [0.25, 0.3) is 5.91 Å². The predicted molar refractivity (Wildman–Crippen MR) is 83.3 cm³/mol. The van der Waals surface area contributed by atoms with Crippen LogP contribution < -0.4 is 10.1 Å². The summed E-state index contributed by atoms with van der Waals surface area (Å²) in [4.78, 5) is 23.5. The van der Waals surface area contributed by atoms with Crippen molar-refractivity contribution in [2.75, 3.05) is 19.0 Å². The Morgan fingerprint density at radius 3 is 2.54 bits per heavy atom. The molecule has 0 spiro atoms. The number of esters is 1. The van der Waals surface area contributed by atoms with Crippen molar-refractivity contribution in [1.82, 2.24) is 0 Å². The van der Waals surface area contributed by atoms with E-state index < -0.39 is 30.1 Å². The molecule has 0 aliphatic carbocycles. The average Bonchev–Trinajstić information content (AvgIpc) is 2.55. The van der Waals surface area contributed by atoms with Crippen LogP contribution in [0.25, 0.3) is 0 Å². The van der Waals surface area contributed by atoms with E-state index in [4.69, 9.17) is 21.1 Å². The van der Waals surface area contributed by atoms with E-state index in [1.54, 1.807) is 0 Å². The van der Waals surface area contributed by atoms with Crippen LogP contribution in [0.4, 0.5) is 14.5 Å². The Balaban J connectivity index is 1.93. The maximum absolute atomic E-state index is 13.5. The molecule has 126 valence electrons. The van der Waals surface area contributed by atoms with E-state index >= 15 is 0 Å². The minimum Gasteiger partial charge on any atom is -0.494 e. The van der Waals surface area contributed by atoms with E-state index in [0.717, 1.165) is 18.2 Å². The van der Waals surface area contributed by atoms with Crippen molar-refractivity contribution in [2.24, 2.45) is 0 Å². The molecule has 8 heteroatoms. The van der Waals surface area contributed by atoms with Crippen LogP contribution in [-0.4, -0.2) is 25.6 Å². The van der Waals surface area contributed by atoms with Crippen molar-refractivity contribution in [3.63, 3.8) is 0 Å². The van der Waals surface area contributed by atoms with Crippen LogP contribution in [-0.2, 0) is 9.53 Å². The minimum atomic E-state index is -0.878. The normalized spacial score (nSPS) is 10.2. The molecule has 2 aromatic carbocycles. The van der Waals surface area contributed by atoms with Gasteiger partial charge in [0.05, 0.1) is 23.4 Å². The van der Waals surface area contributed by atoms with E-state index in [-0.39, 0.29) is 22.0 Å². The van der Waals surface area contributed by atoms with Gasteiger partial charge in [0, 0.05) is 0 Å². The number of carbonyl (C=O) groups excluding carboxylic acids is 2. The molecular weight excluding hydrogens is 344 g/mol. The average molecular weight is 356 g/mol. The number of benzene rings is 2. The molecule has 2 rings (SSSR count).